The zero-order valence-electron chi connectivity index (χ0n) is 19.3. The number of benzene rings is 3. The maximum Gasteiger partial charge on any atom is 0.282 e. The van der Waals surface area contributed by atoms with Crippen molar-refractivity contribution in [1.29, 1.82) is 0 Å². The number of fused-ring (bicyclic) bond motifs is 1. The standard InChI is InChI=1S/C25H20Br2N4O5/c1-3-24-29-21-9-6-17(26)11-19(21)25(32)30(24)28-13-16-10-22(35-2)23(12-20(16)27)36-14-15-4-7-18(8-5-15)31(33)34/h4-13H,3,14H2,1-2H3. The Morgan fingerprint density at radius 2 is 1.86 bits per heavy atom. The number of nitrogens with zero attached hydrogens (tertiary/aromatic N) is 4. The molecule has 0 aliphatic rings. The normalized spacial score (nSPS) is 11.2. The molecule has 0 bridgehead atoms. The minimum Gasteiger partial charge on any atom is -0.493 e. The van der Waals surface area contributed by atoms with Crippen molar-refractivity contribution in [3.63, 3.8) is 0 Å². The van der Waals surface area contributed by atoms with Crippen molar-refractivity contribution >= 4 is 54.7 Å². The van der Waals surface area contributed by atoms with Crippen LogP contribution in [-0.2, 0) is 13.0 Å². The Morgan fingerprint density at radius 1 is 1.11 bits per heavy atom. The van der Waals surface area contributed by atoms with E-state index in [2.05, 4.69) is 41.9 Å². The molecule has 0 amide bonds. The first-order valence-electron chi connectivity index (χ1n) is 10.8. The fraction of sp³-hybridized carbons (Fsp3) is 0.160. The minimum absolute atomic E-state index is 0.0160. The zero-order valence-corrected chi connectivity index (χ0v) is 22.4. The van der Waals surface area contributed by atoms with Gasteiger partial charge in [0.15, 0.2) is 11.5 Å². The van der Waals surface area contributed by atoms with E-state index in [0.29, 0.717) is 44.7 Å². The highest BCUT2D eigenvalue weighted by atomic mass is 79.9. The van der Waals surface area contributed by atoms with Crippen LogP contribution in [0.5, 0.6) is 11.5 Å². The molecule has 4 aromatic rings. The van der Waals surface area contributed by atoms with Crippen LogP contribution in [0.4, 0.5) is 5.69 Å². The maximum absolute atomic E-state index is 13.1. The molecule has 36 heavy (non-hydrogen) atoms. The number of nitro benzene ring substituents is 1. The van der Waals surface area contributed by atoms with Crippen molar-refractivity contribution in [1.82, 2.24) is 9.66 Å². The fourth-order valence-corrected chi connectivity index (χ4v) is 4.25. The fourth-order valence-electron chi connectivity index (χ4n) is 3.46. The summed E-state index contributed by atoms with van der Waals surface area (Å²) in [5, 5.41) is 15.7. The van der Waals surface area contributed by atoms with Crippen LogP contribution in [0.1, 0.15) is 23.9 Å². The van der Waals surface area contributed by atoms with Gasteiger partial charge in [-0.15, -0.1) is 0 Å². The summed E-state index contributed by atoms with van der Waals surface area (Å²) in [5.41, 5.74) is 1.80. The maximum atomic E-state index is 13.1. The van der Waals surface area contributed by atoms with Crippen LogP contribution >= 0.6 is 31.9 Å². The summed E-state index contributed by atoms with van der Waals surface area (Å²) in [6.45, 7) is 2.11. The summed E-state index contributed by atoms with van der Waals surface area (Å²) in [5.74, 6) is 1.48. The number of ether oxygens (including phenoxy) is 2. The topological polar surface area (TPSA) is 109 Å². The Labute approximate surface area is 222 Å². The molecule has 0 radical (unpaired) electrons. The average Bonchev–Trinajstić information content (AvgIpc) is 2.88. The molecule has 0 atom stereocenters. The van der Waals surface area contributed by atoms with E-state index in [1.165, 1.54) is 23.9 Å². The van der Waals surface area contributed by atoms with Gasteiger partial charge in [-0.05, 0) is 64.0 Å². The van der Waals surface area contributed by atoms with Gasteiger partial charge in [0, 0.05) is 33.1 Å². The Bertz CT molecular complexity index is 1530. The van der Waals surface area contributed by atoms with Gasteiger partial charge in [-0.1, -0.05) is 22.9 Å². The van der Waals surface area contributed by atoms with Gasteiger partial charge >= 0.3 is 0 Å². The third kappa shape index (κ3) is 5.47. The van der Waals surface area contributed by atoms with Crippen molar-refractivity contribution in [3.05, 3.63) is 101 Å². The van der Waals surface area contributed by atoms with E-state index in [1.54, 1.807) is 42.6 Å². The largest absolute Gasteiger partial charge is 0.493 e. The first kappa shape index (κ1) is 25.5. The predicted molar refractivity (Wildman–Crippen MR) is 144 cm³/mol. The van der Waals surface area contributed by atoms with Gasteiger partial charge in [0.25, 0.3) is 11.2 Å². The second-order valence-electron chi connectivity index (χ2n) is 7.64. The molecule has 184 valence electrons. The molecular weight excluding hydrogens is 596 g/mol. The summed E-state index contributed by atoms with van der Waals surface area (Å²) >= 11 is 6.93. The monoisotopic (exact) mass is 614 g/mol. The Kier molecular flexibility index (Phi) is 7.80. The summed E-state index contributed by atoms with van der Waals surface area (Å²) in [6.07, 6.45) is 2.08. The molecule has 1 aromatic heterocycles. The number of halogens is 2. The number of non-ortho nitro benzene ring substituents is 1. The lowest BCUT2D eigenvalue weighted by molar-refractivity contribution is -0.384. The Hall–Kier alpha value is -3.57. The van der Waals surface area contributed by atoms with Crippen molar-refractivity contribution in [2.75, 3.05) is 7.11 Å². The molecular formula is C25H20Br2N4O5. The van der Waals surface area contributed by atoms with Crippen LogP contribution in [0.25, 0.3) is 10.9 Å². The average molecular weight is 616 g/mol. The van der Waals surface area contributed by atoms with Gasteiger partial charge < -0.3 is 9.47 Å². The highest BCUT2D eigenvalue weighted by Gasteiger charge is 2.13. The van der Waals surface area contributed by atoms with E-state index in [1.807, 2.05) is 13.0 Å². The first-order chi connectivity index (χ1) is 17.3. The number of methoxy groups -OCH3 is 1. The predicted octanol–water partition coefficient (Wildman–Crippen LogP) is 5.86. The smallest absolute Gasteiger partial charge is 0.282 e. The van der Waals surface area contributed by atoms with Gasteiger partial charge in [0.1, 0.15) is 12.4 Å². The quantitative estimate of drug-likeness (QED) is 0.139. The van der Waals surface area contributed by atoms with E-state index < -0.39 is 4.92 Å². The van der Waals surface area contributed by atoms with Crippen LogP contribution < -0.4 is 15.0 Å². The molecule has 0 aliphatic heterocycles. The lowest BCUT2D eigenvalue weighted by Crippen LogP contribution is -2.22. The first-order valence-corrected chi connectivity index (χ1v) is 12.4. The second kappa shape index (κ2) is 11.0. The molecule has 9 nitrogen and oxygen atoms in total. The zero-order chi connectivity index (χ0) is 25.8. The molecule has 0 aliphatic carbocycles. The highest BCUT2D eigenvalue weighted by Crippen LogP contribution is 2.33. The van der Waals surface area contributed by atoms with E-state index in [0.717, 1.165) is 10.0 Å². The minimum atomic E-state index is -0.449. The van der Waals surface area contributed by atoms with Crippen molar-refractivity contribution in [2.24, 2.45) is 5.10 Å². The molecule has 0 saturated carbocycles. The second-order valence-corrected chi connectivity index (χ2v) is 9.41. The molecule has 0 unspecified atom stereocenters. The van der Waals surface area contributed by atoms with Gasteiger partial charge in [-0.2, -0.15) is 9.78 Å². The van der Waals surface area contributed by atoms with Crippen molar-refractivity contribution in [2.45, 2.75) is 20.0 Å². The molecule has 11 heteroatoms. The van der Waals surface area contributed by atoms with Gasteiger partial charge in [-0.25, -0.2) is 4.98 Å². The highest BCUT2D eigenvalue weighted by molar-refractivity contribution is 9.10. The summed E-state index contributed by atoms with van der Waals surface area (Å²) in [7, 11) is 1.52. The molecule has 1 heterocycles. The van der Waals surface area contributed by atoms with E-state index in [4.69, 9.17) is 9.47 Å². The third-order valence-corrected chi connectivity index (χ3v) is 6.51. The van der Waals surface area contributed by atoms with Gasteiger partial charge in [0.2, 0.25) is 0 Å². The van der Waals surface area contributed by atoms with Crippen LogP contribution in [0.15, 0.2) is 73.4 Å². The Morgan fingerprint density at radius 3 is 2.53 bits per heavy atom. The number of hydrogen-bond donors (Lipinski definition) is 0. The van der Waals surface area contributed by atoms with E-state index in [-0.39, 0.29) is 17.9 Å². The van der Waals surface area contributed by atoms with E-state index >= 15 is 0 Å². The van der Waals surface area contributed by atoms with Crippen molar-refractivity contribution in [3.8, 4) is 11.5 Å². The lowest BCUT2D eigenvalue weighted by Gasteiger charge is -2.13. The molecule has 3 aromatic carbocycles. The molecule has 0 N–H and O–H groups in total. The van der Waals surface area contributed by atoms with Crippen LogP contribution in [-0.4, -0.2) is 27.9 Å². The SMILES string of the molecule is CCc1nc2ccc(Br)cc2c(=O)n1N=Cc1cc(OC)c(OCc2ccc([N+](=O)[O-])cc2)cc1Br. The van der Waals surface area contributed by atoms with Gasteiger partial charge in [-0.3, -0.25) is 14.9 Å². The summed E-state index contributed by atoms with van der Waals surface area (Å²) < 4.78 is 14.1. The Balaban J connectivity index is 1.62. The molecule has 0 fully saturated rings. The number of nitro groups is 1. The lowest BCUT2D eigenvalue weighted by atomic mass is 10.2. The summed E-state index contributed by atoms with van der Waals surface area (Å²) in [6, 6.07) is 15.0. The van der Waals surface area contributed by atoms with Gasteiger partial charge in [0.05, 0.1) is 29.2 Å². The van der Waals surface area contributed by atoms with Crippen LogP contribution in [0.3, 0.4) is 0 Å². The molecule has 0 saturated heterocycles. The number of rotatable bonds is 8. The number of hydrogen-bond acceptors (Lipinski definition) is 7. The third-order valence-electron chi connectivity index (χ3n) is 5.33. The van der Waals surface area contributed by atoms with Crippen molar-refractivity contribution < 1.29 is 14.4 Å². The van der Waals surface area contributed by atoms with Crippen LogP contribution in [0.2, 0.25) is 0 Å². The summed E-state index contributed by atoms with van der Waals surface area (Å²) in [4.78, 5) is 28.1. The van der Waals surface area contributed by atoms with Crippen LogP contribution in [0, 0.1) is 10.1 Å². The van der Waals surface area contributed by atoms with E-state index in [9.17, 15) is 14.9 Å². The molecule has 4 rings (SSSR count). The molecule has 0 spiro atoms. The number of aromatic nitrogens is 2. The number of aryl methyl sites for hydroxylation is 1.